The molecule has 1 aliphatic carbocycles. The number of likely N-dealkylation sites (N-methyl/N-ethyl adjacent to an activating group) is 1. The van der Waals surface area contributed by atoms with Crippen molar-refractivity contribution >= 4 is 11.6 Å². The second-order valence-electron chi connectivity index (χ2n) is 8.22. The second-order valence-corrected chi connectivity index (χ2v) is 8.22. The van der Waals surface area contributed by atoms with E-state index < -0.39 is 0 Å². The number of ether oxygens (including phenoxy) is 1. The number of benzene rings is 1. The Balaban J connectivity index is 1.47. The Bertz CT molecular complexity index is 1090. The van der Waals surface area contributed by atoms with Gasteiger partial charge in [0.15, 0.2) is 0 Å². The van der Waals surface area contributed by atoms with Crippen LogP contribution in [0.15, 0.2) is 48.2 Å². The van der Waals surface area contributed by atoms with E-state index in [0.717, 1.165) is 30.0 Å². The van der Waals surface area contributed by atoms with E-state index >= 15 is 0 Å². The van der Waals surface area contributed by atoms with E-state index in [1.54, 1.807) is 7.05 Å². The van der Waals surface area contributed by atoms with E-state index in [2.05, 4.69) is 25.7 Å². The van der Waals surface area contributed by atoms with Crippen LogP contribution in [0, 0.1) is 6.92 Å². The van der Waals surface area contributed by atoms with Crippen LogP contribution in [-0.2, 0) is 0 Å². The summed E-state index contributed by atoms with van der Waals surface area (Å²) in [5.41, 5.74) is 9.84. The largest absolute Gasteiger partial charge is 0.489 e. The van der Waals surface area contributed by atoms with Gasteiger partial charge in [0.05, 0.1) is 41.1 Å². The number of rotatable bonds is 8. The Morgan fingerprint density at radius 1 is 1.15 bits per heavy atom. The fraction of sp³-hybridized carbons (Fsp3) is 0.391. The quantitative estimate of drug-likeness (QED) is 0.350. The summed E-state index contributed by atoms with van der Waals surface area (Å²) in [5, 5.41) is 17.1. The minimum atomic E-state index is 0.268. The van der Waals surface area contributed by atoms with Crippen molar-refractivity contribution in [3.05, 3.63) is 59.5 Å². The minimum Gasteiger partial charge on any atom is -0.489 e. The Hall–Kier alpha value is -3.66. The standard InChI is InChI=1S/C23H31N9O/c1-16-21(33-18-11-7-4-8-12-18)14-13-19(27-16)22(24)20(31(2)25)15-26-23-28-30-32(29-23)17-9-5-3-6-10-17/h3,5-6,9-10,13-14,18H,4,7-8,11-12,15,24-25H2,1-2H3,(H,26,29)/b22-20-. The van der Waals surface area contributed by atoms with Crippen molar-refractivity contribution in [1.29, 1.82) is 0 Å². The number of nitrogens with zero attached hydrogens (tertiary/aromatic N) is 6. The zero-order valence-electron chi connectivity index (χ0n) is 19.1. The third-order valence-corrected chi connectivity index (χ3v) is 5.71. The number of nitrogens with two attached hydrogens (primary N) is 2. The fourth-order valence-corrected chi connectivity index (χ4v) is 3.86. The average Bonchev–Trinajstić information content (AvgIpc) is 3.30. The molecule has 10 nitrogen and oxygen atoms in total. The summed E-state index contributed by atoms with van der Waals surface area (Å²) < 4.78 is 6.18. The smallest absolute Gasteiger partial charge is 0.264 e. The topological polar surface area (TPSA) is 133 Å². The number of hydrogen-bond donors (Lipinski definition) is 3. The Kier molecular flexibility index (Phi) is 7.04. The zero-order valence-corrected chi connectivity index (χ0v) is 19.1. The van der Waals surface area contributed by atoms with E-state index in [0.29, 0.717) is 29.6 Å². The number of pyridine rings is 1. The fourth-order valence-electron chi connectivity index (χ4n) is 3.86. The van der Waals surface area contributed by atoms with Gasteiger partial charge in [0.1, 0.15) is 5.75 Å². The van der Waals surface area contributed by atoms with Crippen molar-refractivity contribution in [2.75, 3.05) is 18.9 Å². The Morgan fingerprint density at radius 2 is 1.91 bits per heavy atom. The lowest BCUT2D eigenvalue weighted by molar-refractivity contribution is 0.153. The van der Waals surface area contributed by atoms with Gasteiger partial charge in [-0.3, -0.25) is 0 Å². The van der Waals surface area contributed by atoms with Gasteiger partial charge in [0.2, 0.25) is 0 Å². The van der Waals surface area contributed by atoms with Gasteiger partial charge in [-0.25, -0.2) is 10.8 Å². The number of aryl methyl sites for hydroxylation is 1. The van der Waals surface area contributed by atoms with Crippen molar-refractivity contribution in [3.8, 4) is 11.4 Å². The van der Waals surface area contributed by atoms with E-state index in [4.69, 9.17) is 16.3 Å². The molecule has 0 atom stereocenters. The van der Waals surface area contributed by atoms with Crippen LogP contribution in [0.5, 0.6) is 5.75 Å². The third-order valence-electron chi connectivity index (χ3n) is 5.71. The molecule has 10 heteroatoms. The maximum atomic E-state index is 6.46. The first-order chi connectivity index (χ1) is 16.0. The van der Waals surface area contributed by atoms with Gasteiger partial charge >= 0.3 is 0 Å². The Labute approximate surface area is 193 Å². The molecular weight excluding hydrogens is 418 g/mol. The molecule has 2 heterocycles. The highest BCUT2D eigenvalue weighted by Gasteiger charge is 2.18. The van der Waals surface area contributed by atoms with Gasteiger partial charge in [-0.15, -0.1) is 9.90 Å². The summed E-state index contributed by atoms with van der Waals surface area (Å²) in [7, 11) is 1.73. The van der Waals surface area contributed by atoms with Crippen LogP contribution in [0.3, 0.4) is 0 Å². The van der Waals surface area contributed by atoms with Gasteiger partial charge in [0, 0.05) is 7.05 Å². The lowest BCUT2D eigenvalue weighted by Gasteiger charge is -2.24. The molecule has 4 rings (SSSR count). The van der Waals surface area contributed by atoms with Crippen molar-refractivity contribution in [3.63, 3.8) is 0 Å². The molecule has 1 saturated carbocycles. The van der Waals surface area contributed by atoms with Crippen LogP contribution in [0.1, 0.15) is 43.5 Å². The summed E-state index contributed by atoms with van der Waals surface area (Å²) in [6, 6.07) is 13.4. The highest BCUT2D eigenvalue weighted by Crippen LogP contribution is 2.26. The summed E-state index contributed by atoms with van der Waals surface area (Å²) in [5.74, 6) is 7.24. The first-order valence-electron chi connectivity index (χ1n) is 11.2. The van der Waals surface area contributed by atoms with Gasteiger partial charge in [-0.1, -0.05) is 29.7 Å². The molecule has 0 bridgehead atoms. The first-order valence-corrected chi connectivity index (χ1v) is 11.2. The minimum absolute atomic E-state index is 0.268. The maximum absolute atomic E-state index is 6.46. The lowest BCUT2D eigenvalue weighted by atomic mass is 9.98. The summed E-state index contributed by atoms with van der Waals surface area (Å²) in [6.45, 7) is 2.24. The highest BCUT2D eigenvalue weighted by atomic mass is 16.5. The van der Waals surface area contributed by atoms with Crippen molar-refractivity contribution in [1.82, 2.24) is 30.2 Å². The molecule has 0 aliphatic heterocycles. The molecule has 2 aromatic heterocycles. The SMILES string of the molecule is Cc1nc(/C(N)=C(\CNc2nnn(-c3ccccc3)n2)N(C)N)ccc1OC1CCCCC1. The third kappa shape index (κ3) is 5.58. The number of tetrazole rings is 1. The van der Waals surface area contributed by atoms with Gasteiger partial charge < -0.3 is 20.8 Å². The second kappa shape index (κ2) is 10.3. The molecule has 0 saturated heterocycles. The molecular formula is C23H31N9O. The molecule has 0 unspecified atom stereocenters. The number of hydrogen-bond acceptors (Lipinski definition) is 9. The molecule has 0 spiro atoms. The first kappa shape index (κ1) is 22.5. The molecule has 3 aromatic rings. The zero-order chi connectivity index (χ0) is 23.2. The molecule has 1 fully saturated rings. The summed E-state index contributed by atoms with van der Waals surface area (Å²) in [4.78, 5) is 6.13. The molecule has 174 valence electrons. The number of nitrogens with one attached hydrogen (secondary N) is 1. The lowest BCUT2D eigenvalue weighted by Crippen LogP contribution is -2.32. The van der Waals surface area contributed by atoms with Gasteiger partial charge in [-0.05, 0) is 62.1 Å². The van der Waals surface area contributed by atoms with E-state index in [9.17, 15) is 0 Å². The Morgan fingerprint density at radius 3 is 2.61 bits per heavy atom. The van der Waals surface area contributed by atoms with Crippen LogP contribution in [-0.4, -0.2) is 49.9 Å². The van der Waals surface area contributed by atoms with E-state index in [-0.39, 0.29) is 6.10 Å². The molecule has 0 amide bonds. The van der Waals surface area contributed by atoms with Crippen molar-refractivity contribution in [2.24, 2.45) is 11.6 Å². The molecule has 1 aromatic carbocycles. The number of hydrazine groups is 1. The predicted octanol–water partition coefficient (Wildman–Crippen LogP) is 2.62. The predicted molar refractivity (Wildman–Crippen MR) is 127 cm³/mol. The van der Waals surface area contributed by atoms with Gasteiger partial charge in [-0.2, -0.15) is 0 Å². The number of para-hydroxylation sites is 1. The average molecular weight is 450 g/mol. The van der Waals surface area contributed by atoms with Crippen LogP contribution in [0.2, 0.25) is 0 Å². The van der Waals surface area contributed by atoms with Crippen LogP contribution >= 0.6 is 0 Å². The van der Waals surface area contributed by atoms with Gasteiger partial charge in [0.25, 0.3) is 5.95 Å². The van der Waals surface area contributed by atoms with Crippen LogP contribution in [0.4, 0.5) is 5.95 Å². The molecule has 1 aliphatic rings. The molecule has 33 heavy (non-hydrogen) atoms. The summed E-state index contributed by atoms with van der Waals surface area (Å²) in [6.07, 6.45) is 6.19. The number of anilines is 1. The summed E-state index contributed by atoms with van der Waals surface area (Å²) >= 11 is 0. The molecule has 0 radical (unpaired) electrons. The molecule has 5 N–H and O–H groups in total. The maximum Gasteiger partial charge on any atom is 0.264 e. The van der Waals surface area contributed by atoms with Crippen LogP contribution < -0.4 is 21.6 Å². The number of aromatic nitrogens is 5. The highest BCUT2D eigenvalue weighted by molar-refractivity contribution is 5.64. The van der Waals surface area contributed by atoms with E-state index in [1.807, 2.05) is 49.4 Å². The normalized spacial score (nSPS) is 15.1. The monoisotopic (exact) mass is 449 g/mol. The van der Waals surface area contributed by atoms with Crippen molar-refractivity contribution < 1.29 is 4.74 Å². The van der Waals surface area contributed by atoms with E-state index in [1.165, 1.54) is 29.1 Å². The van der Waals surface area contributed by atoms with Crippen LogP contribution in [0.25, 0.3) is 11.4 Å². The van der Waals surface area contributed by atoms with Crippen molar-refractivity contribution in [2.45, 2.75) is 45.1 Å².